The van der Waals surface area contributed by atoms with E-state index in [0.717, 1.165) is 6.26 Å². The van der Waals surface area contributed by atoms with Gasteiger partial charge in [0.1, 0.15) is 0 Å². The highest BCUT2D eigenvalue weighted by molar-refractivity contribution is 7.99. The predicted octanol–water partition coefficient (Wildman–Crippen LogP) is 1.70. The van der Waals surface area contributed by atoms with Gasteiger partial charge in [0.25, 0.3) is 0 Å². The van der Waals surface area contributed by atoms with Crippen LogP contribution in [0.2, 0.25) is 0 Å². The van der Waals surface area contributed by atoms with Gasteiger partial charge in [-0.2, -0.15) is 11.8 Å². The highest BCUT2D eigenvalue weighted by Crippen LogP contribution is 2.14. The number of rotatable bonds is 2. The van der Waals surface area contributed by atoms with Gasteiger partial charge in [-0.05, 0) is 42.5 Å². The van der Waals surface area contributed by atoms with Gasteiger partial charge in [-0.25, -0.2) is 8.42 Å². The Balaban J connectivity index is 0.000000269. The summed E-state index contributed by atoms with van der Waals surface area (Å²) in [6.07, 6.45) is 4.00. The Kier molecular flexibility index (Phi) is 5.68. The number of nitrogens with two attached hydrogens (primary N) is 1. The van der Waals surface area contributed by atoms with E-state index in [1.54, 1.807) is 0 Å². The smallest absolute Gasteiger partial charge is 0.248 e. The van der Waals surface area contributed by atoms with Crippen molar-refractivity contribution in [3.63, 3.8) is 0 Å². The molecular weight excluding hydrogens is 270 g/mol. The van der Waals surface area contributed by atoms with Gasteiger partial charge in [-0.15, -0.1) is 0 Å². The summed E-state index contributed by atoms with van der Waals surface area (Å²) in [7, 11) is -3.27. The molecule has 0 unspecified atom stereocenters. The number of primary amides is 1. The van der Waals surface area contributed by atoms with E-state index in [1.165, 1.54) is 48.6 Å². The predicted molar refractivity (Wildman–Crippen MR) is 74.6 cm³/mol. The van der Waals surface area contributed by atoms with Gasteiger partial charge < -0.3 is 5.73 Å². The van der Waals surface area contributed by atoms with Gasteiger partial charge in [0, 0.05) is 11.8 Å². The van der Waals surface area contributed by atoms with Gasteiger partial charge in [-0.1, -0.05) is 6.07 Å². The molecule has 0 saturated carbocycles. The zero-order valence-corrected chi connectivity index (χ0v) is 11.9. The van der Waals surface area contributed by atoms with Crippen LogP contribution in [0.1, 0.15) is 23.2 Å². The van der Waals surface area contributed by atoms with Crippen LogP contribution >= 0.6 is 11.8 Å². The third-order valence-corrected chi connectivity index (χ3v) is 4.64. The van der Waals surface area contributed by atoms with Crippen molar-refractivity contribution in [1.82, 2.24) is 0 Å². The SMILES string of the molecule is C1CCSC1.CS(=O)(=O)c1cccc(C(N)=O)c1. The zero-order valence-electron chi connectivity index (χ0n) is 10.3. The first-order valence-corrected chi connectivity index (χ1v) is 8.63. The topological polar surface area (TPSA) is 77.2 Å². The highest BCUT2D eigenvalue weighted by atomic mass is 32.2. The zero-order chi connectivity index (χ0) is 13.6. The Morgan fingerprint density at radius 1 is 1.28 bits per heavy atom. The average Bonchev–Trinajstić information content (AvgIpc) is 2.86. The van der Waals surface area contributed by atoms with Crippen LogP contribution in [0.5, 0.6) is 0 Å². The van der Waals surface area contributed by atoms with Gasteiger partial charge in [0.05, 0.1) is 4.90 Å². The maximum atomic E-state index is 11.1. The summed E-state index contributed by atoms with van der Waals surface area (Å²) in [5.74, 6) is 2.20. The monoisotopic (exact) mass is 287 g/mol. The Morgan fingerprint density at radius 2 is 1.89 bits per heavy atom. The fourth-order valence-corrected chi connectivity index (χ4v) is 3.08. The van der Waals surface area contributed by atoms with Crippen molar-refractivity contribution < 1.29 is 13.2 Å². The molecule has 4 nitrogen and oxygen atoms in total. The third kappa shape index (κ3) is 5.10. The van der Waals surface area contributed by atoms with E-state index in [1.807, 2.05) is 0 Å². The van der Waals surface area contributed by atoms with Gasteiger partial charge in [0.2, 0.25) is 5.91 Å². The summed E-state index contributed by atoms with van der Waals surface area (Å²) in [6.45, 7) is 0. The van der Waals surface area contributed by atoms with Gasteiger partial charge in [0.15, 0.2) is 9.84 Å². The number of hydrogen-bond donors (Lipinski definition) is 1. The molecule has 1 aromatic carbocycles. The molecular formula is C12H17NO3S2. The fraction of sp³-hybridized carbons (Fsp3) is 0.417. The van der Waals surface area contributed by atoms with E-state index in [4.69, 9.17) is 5.73 Å². The minimum atomic E-state index is -3.27. The molecule has 1 amide bonds. The van der Waals surface area contributed by atoms with E-state index in [2.05, 4.69) is 11.8 Å². The summed E-state index contributed by atoms with van der Waals surface area (Å²) >= 11 is 2.07. The molecule has 0 aromatic heterocycles. The molecule has 1 aliphatic rings. The molecule has 1 fully saturated rings. The van der Waals surface area contributed by atoms with E-state index in [-0.39, 0.29) is 10.5 Å². The summed E-state index contributed by atoms with van der Waals surface area (Å²) in [6, 6.07) is 5.63. The molecule has 100 valence electrons. The van der Waals surface area contributed by atoms with Gasteiger partial charge >= 0.3 is 0 Å². The van der Waals surface area contributed by atoms with Crippen LogP contribution in [0.15, 0.2) is 29.2 Å². The van der Waals surface area contributed by atoms with Crippen molar-refractivity contribution in [3.05, 3.63) is 29.8 Å². The molecule has 0 atom stereocenters. The normalized spacial score (nSPS) is 14.7. The number of hydrogen-bond acceptors (Lipinski definition) is 4. The number of amides is 1. The molecule has 2 N–H and O–H groups in total. The van der Waals surface area contributed by atoms with Crippen LogP contribution in [0, 0.1) is 0 Å². The fourth-order valence-electron chi connectivity index (χ4n) is 1.39. The standard InChI is InChI=1S/C8H9NO3S.C4H8S/c1-13(11,12)7-4-2-3-6(5-7)8(9)10;1-2-4-5-3-1/h2-5H,1H3,(H2,9,10);1-4H2. The Bertz CT molecular complexity index is 500. The lowest BCUT2D eigenvalue weighted by atomic mass is 10.2. The Labute approximate surface area is 112 Å². The number of carbonyl (C=O) groups excluding carboxylic acids is 1. The van der Waals surface area contributed by atoms with Crippen molar-refractivity contribution >= 4 is 27.5 Å². The summed E-state index contributed by atoms with van der Waals surface area (Å²) in [5.41, 5.74) is 5.19. The molecule has 1 aromatic rings. The summed E-state index contributed by atoms with van der Waals surface area (Å²) < 4.78 is 22.1. The second-order valence-electron chi connectivity index (χ2n) is 3.98. The van der Waals surface area contributed by atoms with Gasteiger partial charge in [-0.3, -0.25) is 4.79 Å². The third-order valence-electron chi connectivity index (χ3n) is 2.37. The molecule has 0 aliphatic carbocycles. The van der Waals surface area contributed by atoms with E-state index in [0.29, 0.717) is 0 Å². The van der Waals surface area contributed by atoms with E-state index >= 15 is 0 Å². The van der Waals surface area contributed by atoms with Crippen molar-refractivity contribution in [3.8, 4) is 0 Å². The average molecular weight is 287 g/mol. The maximum absolute atomic E-state index is 11.1. The quantitative estimate of drug-likeness (QED) is 0.898. The van der Waals surface area contributed by atoms with Crippen molar-refractivity contribution in [1.29, 1.82) is 0 Å². The summed E-state index contributed by atoms with van der Waals surface area (Å²) in [5, 5.41) is 0. The molecule has 2 rings (SSSR count). The van der Waals surface area contributed by atoms with Crippen molar-refractivity contribution in [2.75, 3.05) is 17.8 Å². The summed E-state index contributed by atoms with van der Waals surface area (Å²) in [4.78, 5) is 10.8. The van der Waals surface area contributed by atoms with Crippen LogP contribution in [0.25, 0.3) is 0 Å². The minimum Gasteiger partial charge on any atom is -0.366 e. The number of benzene rings is 1. The Morgan fingerprint density at radius 3 is 2.28 bits per heavy atom. The van der Waals surface area contributed by atoms with E-state index in [9.17, 15) is 13.2 Å². The van der Waals surface area contributed by atoms with Crippen LogP contribution in [0.4, 0.5) is 0 Å². The second kappa shape index (κ2) is 6.80. The molecule has 1 heterocycles. The lowest BCUT2D eigenvalue weighted by molar-refractivity contribution is 0.1000. The number of carbonyl (C=O) groups is 1. The first-order valence-electron chi connectivity index (χ1n) is 5.59. The Hall–Kier alpha value is -1.01. The number of thioether (sulfide) groups is 1. The maximum Gasteiger partial charge on any atom is 0.248 e. The first-order chi connectivity index (χ1) is 8.41. The molecule has 0 bridgehead atoms. The first kappa shape index (κ1) is 15.0. The minimum absolute atomic E-state index is 0.101. The molecule has 1 aliphatic heterocycles. The van der Waals surface area contributed by atoms with E-state index < -0.39 is 15.7 Å². The molecule has 0 spiro atoms. The highest BCUT2D eigenvalue weighted by Gasteiger charge is 2.08. The second-order valence-corrected chi connectivity index (χ2v) is 7.22. The molecule has 18 heavy (non-hydrogen) atoms. The molecule has 0 radical (unpaired) electrons. The molecule has 1 saturated heterocycles. The van der Waals surface area contributed by atoms with Crippen LogP contribution < -0.4 is 5.73 Å². The largest absolute Gasteiger partial charge is 0.366 e. The van der Waals surface area contributed by atoms with Crippen molar-refractivity contribution in [2.45, 2.75) is 17.7 Å². The molecule has 6 heteroatoms. The lowest BCUT2D eigenvalue weighted by Crippen LogP contribution is -2.11. The number of sulfone groups is 1. The van der Waals surface area contributed by atoms with Crippen LogP contribution in [-0.4, -0.2) is 32.1 Å². The lowest BCUT2D eigenvalue weighted by Gasteiger charge is -1.99. The van der Waals surface area contributed by atoms with Crippen LogP contribution in [0.3, 0.4) is 0 Å². The van der Waals surface area contributed by atoms with Crippen LogP contribution in [-0.2, 0) is 9.84 Å². The van der Waals surface area contributed by atoms with Crippen molar-refractivity contribution in [2.24, 2.45) is 5.73 Å².